The zero-order valence-corrected chi connectivity index (χ0v) is 22.1. The summed E-state index contributed by atoms with van der Waals surface area (Å²) in [5.41, 5.74) is 1.96. The van der Waals surface area contributed by atoms with E-state index in [9.17, 15) is 14.7 Å². The van der Waals surface area contributed by atoms with E-state index in [-0.39, 0.29) is 24.0 Å². The number of amides is 1. The predicted octanol–water partition coefficient (Wildman–Crippen LogP) is 5.89. The van der Waals surface area contributed by atoms with Crippen LogP contribution < -0.4 is 14.2 Å². The number of likely N-dealkylation sites (tertiary alicyclic amines) is 1. The van der Waals surface area contributed by atoms with E-state index in [1.165, 1.54) is 4.90 Å². The lowest BCUT2D eigenvalue weighted by atomic mass is 9.95. The third-order valence-corrected chi connectivity index (χ3v) is 6.20. The molecule has 7 heteroatoms. The molecule has 4 rings (SSSR count). The number of ether oxygens (including phenoxy) is 3. The molecule has 1 heterocycles. The summed E-state index contributed by atoms with van der Waals surface area (Å²) in [5.74, 6) is 0.301. The summed E-state index contributed by atoms with van der Waals surface area (Å²) in [4.78, 5) is 28.2. The first-order chi connectivity index (χ1) is 18.3. The summed E-state index contributed by atoms with van der Waals surface area (Å²) in [7, 11) is 1.57. The van der Waals surface area contributed by atoms with E-state index in [2.05, 4.69) is 0 Å². The number of ketones is 1. The molecule has 1 atom stereocenters. The van der Waals surface area contributed by atoms with Crippen LogP contribution in [0.15, 0.2) is 78.4 Å². The van der Waals surface area contributed by atoms with Crippen LogP contribution >= 0.6 is 0 Å². The Labute approximate surface area is 223 Å². The predicted molar refractivity (Wildman–Crippen MR) is 145 cm³/mol. The highest BCUT2D eigenvalue weighted by molar-refractivity contribution is 6.46. The third-order valence-electron chi connectivity index (χ3n) is 6.20. The van der Waals surface area contributed by atoms with Gasteiger partial charge in [-0.2, -0.15) is 0 Å². The second-order valence-corrected chi connectivity index (χ2v) is 9.39. The molecule has 0 radical (unpaired) electrons. The number of methoxy groups -OCH3 is 1. The van der Waals surface area contributed by atoms with Gasteiger partial charge in [0.2, 0.25) is 0 Å². The van der Waals surface area contributed by atoms with Crippen LogP contribution in [0.5, 0.6) is 17.2 Å². The molecule has 3 aromatic rings. The quantitative estimate of drug-likeness (QED) is 0.206. The minimum absolute atomic E-state index is 0.0348. The van der Waals surface area contributed by atoms with Crippen LogP contribution in [0, 0.1) is 0 Å². The maximum absolute atomic E-state index is 13.4. The van der Waals surface area contributed by atoms with Gasteiger partial charge >= 0.3 is 0 Å². The van der Waals surface area contributed by atoms with Gasteiger partial charge in [-0.1, -0.05) is 43.3 Å². The van der Waals surface area contributed by atoms with Gasteiger partial charge in [0.15, 0.2) is 0 Å². The van der Waals surface area contributed by atoms with Gasteiger partial charge in [-0.15, -0.1) is 0 Å². The third kappa shape index (κ3) is 5.83. The van der Waals surface area contributed by atoms with Gasteiger partial charge in [0.25, 0.3) is 11.7 Å². The van der Waals surface area contributed by atoms with Gasteiger partial charge in [-0.3, -0.25) is 9.59 Å². The molecule has 198 valence electrons. The maximum atomic E-state index is 13.4. The lowest BCUT2D eigenvalue weighted by Crippen LogP contribution is -2.29. The molecule has 0 aliphatic carbocycles. The van der Waals surface area contributed by atoms with E-state index in [1.807, 2.05) is 45.0 Å². The first-order valence-electron chi connectivity index (χ1n) is 12.7. The Morgan fingerprint density at radius 1 is 0.947 bits per heavy atom. The highest BCUT2D eigenvalue weighted by atomic mass is 16.5. The number of aliphatic hydroxyl groups is 1. The standard InChI is InChI=1S/C31H33NO6/c1-5-17-37-26-8-6-7-23(18-26)29(33)27-28(22-11-15-24(36-4)16-12-22)32(31(35)30(27)34)19-21-9-13-25(14-10-21)38-20(2)3/h6-16,18,20,28,33H,5,17,19H2,1-4H3/b29-27-. The van der Waals surface area contributed by atoms with Crippen molar-refractivity contribution >= 4 is 17.4 Å². The normalized spacial score (nSPS) is 16.7. The molecule has 0 bridgehead atoms. The zero-order valence-electron chi connectivity index (χ0n) is 22.1. The molecule has 0 saturated carbocycles. The Hall–Kier alpha value is -4.26. The number of carbonyl (C=O) groups is 2. The van der Waals surface area contributed by atoms with Crippen molar-refractivity contribution < 1.29 is 28.9 Å². The first kappa shape index (κ1) is 26.8. The molecule has 7 nitrogen and oxygen atoms in total. The highest BCUT2D eigenvalue weighted by Gasteiger charge is 2.46. The van der Waals surface area contributed by atoms with E-state index >= 15 is 0 Å². The minimum atomic E-state index is -0.785. The van der Waals surface area contributed by atoms with Crippen LogP contribution in [0.1, 0.15) is 49.9 Å². The molecule has 0 aromatic heterocycles. The first-order valence-corrected chi connectivity index (χ1v) is 12.7. The van der Waals surface area contributed by atoms with Gasteiger partial charge in [-0.05, 0) is 67.8 Å². The molecular formula is C31H33NO6. The molecule has 1 N–H and O–H groups in total. The number of Topliss-reactive ketones (excluding diaryl/α,β-unsaturated/α-hetero) is 1. The SMILES string of the molecule is CCCOc1cccc(/C(O)=C2/C(=O)C(=O)N(Cc3ccc(OC(C)C)cc3)C2c2ccc(OC)cc2)c1. The average Bonchev–Trinajstić information content (AvgIpc) is 3.17. The lowest BCUT2D eigenvalue weighted by Gasteiger charge is -2.26. The van der Waals surface area contributed by atoms with Crippen molar-refractivity contribution in [3.8, 4) is 17.2 Å². The number of nitrogens with zero attached hydrogens (tertiary/aromatic N) is 1. The average molecular weight is 516 g/mol. The minimum Gasteiger partial charge on any atom is -0.507 e. The number of aliphatic hydroxyl groups excluding tert-OH is 1. The topological polar surface area (TPSA) is 85.3 Å². The smallest absolute Gasteiger partial charge is 0.295 e. The van der Waals surface area contributed by atoms with Crippen LogP contribution in [0.4, 0.5) is 0 Å². The Morgan fingerprint density at radius 3 is 2.26 bits per heavy atom. The molecule has 1 aliphatic heterocycles. The van der Waals surface area contributed by atoms with Gasteiger partial charge in [0.05, 0.1) is 31.4 Å². The number of carbonyl (C=O) groups excluding carboxylic acids is 2. The Morgan fingerprint density at radius 2 is 1.63 bits per heavy atom. The summed E-state index contributed by atoms with van der Waals surface area (Å²) in [6.07, 6.45) is 0.878. The van der Waals surface area contributed by atoms with E-state index < -0.39 is 17.7 Å². The van der Waals surface area contributed by atoms with Gasteiger partial charge in [-0.25, -0.2) is 0 Å². The van der Waals surface area contributed by atoms with Crippen molar-refractivity contribution in [1.82, 2.24) is 4.90 Å². The molecule has 1 saturated heterocycles. The van der Waals surface area contributed by atoms with Crippen LogP contribution in [0.3, 0.4) is 0 Å². The summed E-state index contributed by atoms with van der Waals surface area (Å²) < 4.78 is 16.7. The van der Waals surface area contributed by atoms with Crippen LogP contribution in [-0.2, 0) is 16.1 Å². The monoisotopic (exact) mass is 515 g/mol. The molecule has 1 aliphatic rings. The van der Waals surface area contributed by atoms with Crippen molar-refractivity contribution in [3.05, 3.63) is 95.1 Å². The van der Waals surface area contributed by atoms with Gasteiger partial charge < -0.3 is 24.2 Å². The molecular weight excluding hydrogens is 482 g/mol. The number of hydrogen-bond acceptors (Lipinski definition) is 6. The fourth-order valence-corrected chi connectivity index (χ4v) is 4.43. The maximum Gasteiger partial charge on any atom is 0.295 e. The highest BCUT2D eigenvalue weighted by Crippen LogP contribution is 2.41. The van der Waals surface area contributed by atoms with Crippen LogP contribution in [0.2, 0.25) is 0 Å². The van der Waals surface area contributed by atoms with Crippen molar-refractivity contribution in [2.75, 3.05) is 13.7 Å². The van der Waals surface area contributed by atoms with E-state index in [1.54, 1.807) is 55.6 Å². The lowest BCUT2D eigenvalue weighted by molar-refractivity contribution is -0.140. The van der Waals surface area contributed by atoms with Crippen LogP contribution in [0.25, 0.3) is 5.76 Å². The fraction of sp³-hybridized carbons (Fsp3) is 0.290. The van der Waals surface area contributed by atoms with Gasteiger partial charge in [0, 0.05) is 12.1 Å². The molecule has 38 heavy (non-hydrogen) atoms. The largest absolute Gasteiger partial charge is 0.507 e. The summed E-state index contributed by atoms with van der Waals surface area (Å²) in [6, 6.07) is 20.7. The Balaban J connectivity index is 1.76. The van der Waals surface area contributed by atoms with Crippen molar-refractivity contribution in [1.29, 1.82) is 0 Å². The summed E-state index contributed by atoms with van der Waals surface area (Å²) >= 11 is 0. The Kier molecular flexibility index (Phi) is 8.36. The van der Waals surface area contributed by atoms with E-state index in [4.69, 9.17) is 14.2 Å². The number of rotatable bonds is 10. The Bertz CT molecular complexity index is 1310. The van der Waals surface area contributed by atoms with E-state index in [0.29, 0.717) is 29.2 Å². The number of benzene rings is 3. The van der Waals surface area contributed by atoms with Crippen molar-refractivity contribution in [2.45, 2.75) is 45.9 Å². The van der Waals surface area contributed by atoms with Gasteiger partial charge in [0.1, 0.15) is 23.0 Å². The second kappa shape index (κ2) is 11.9. The molecule has 1 amide bonds. The van der Waals surface area contributed by atoms with Crippen LogP contribution in [-0.4, -0.2) is 41.5 Å². The van der Waals surface area contributed by atoms with Crippen molar-refractivity contribution in [2.24, 2.45) is 0 Å². The summed E-state index contributed by atoms with van der Waals surface area (Å²) in [6.45, 7) is 6.62. The van der Waals surface area contributed by atoms with E-state index in [0.717, 1.165) is 17.7 Å². The number of hydrogen-bond donors (Lipinski definition) is 1. The second-order valence-electron chi connectivity index (χ2n) is 9.39. The molecule has 1 unspecified atom stereocenters. The molecule has 1 fully saturated rings. The molecule has 0 spiro atoms. The summed E-state index contributed by atoms with van der Waals surface area (Å²) in [5, 5.41) is 11.4. The molecule has 3 aromatic carbocycles. The zero-order chi connectivity index (χ0) is 27.2. The van der Waals surface area contributed by atoms with Crippen molar-refractivity contribution in [3.63, 3.8) is 0 Å². The fourth-order valence-electron chi connectivity index (χ4n) is 4.43.